The summed E-state index contributed by atoms with van der Waals surface area (Å²) in [5.74, 6) is 3.94. The molecule has 228 valence electrons. The Kier molecular flexibility index (Phi) is 31.7. The van der Waals surface area contributed by atoms with E-state index in [2.05, 4.69) is 41.5 Å². The fourth-order valence-electron chi connectivity index (χ4n) is 5.47. The van der Waals surface area contributed by atoms with Gasteiger partial charge < -0.3 is 4.79 Å². The van der Waals surface area contributed by atoms with Crippen LogP contribution in [0.15, 0.2) is 0 Å². The predicted octanol–water partition coefficient (Wildman–Crippen LogP) is 11.2. The van der Waals surface area contributed by atoms with Crippen LogP contribution in [0, 0.1) is 29.6 Å². The Labute approximate surface area is 240 Å². The molecule has 0 amide bonds. The lowest BCUT2D eigenvalue weighted by atomic mass is 9.76. The van der Waals surface area contributed by atoms with E-state index in [1.54, 1.807) is 20.8 Å². The average Bonchev–Trinajstić information content (AvgIpc) is 2.89. The molecule has 0 heterocycles. The molecule has 38 heavy (non-hydrogen) atoms. The van der Waals surface area contributed by atoms with E-state index in [0.29, 0.717) is 29.2 Å². The largest absolute Gasteiger partial charge is 0.300 e. The summed E-state index contributed by atoms with van der Waals surface area (Å²) in [7, 11) is 0. The Morgan fingerprint density at radius 3 is 1.66 bits per heavy atom. The van der Waals surface area contributed by atoms with Crippen LogP contribution >= 0.6 is 0 Å². The molecular weight excluding hydrogens is 468 g/mol. The second kappa shape index (κ2) is 29.0. The molecule has 0 bridgehead atoms. The van der Waals surface area contributed by atoms with Gasteiger partial charge >= 0.3 is 0 Å². The number of carbonyl (C=O) groups is 3. The summed E-state index contributed by atoms with van der Waals surface area (Å²) in [6.07, 6.45) is 19.3. The van der Waals surface area contributed by atoms with Crippen molar-refractivity contribution in [1.29, 1.82) is 0 Å². The fourth-order valence-corrected chi connectivity index (χ4v) is 5.47. The molecular formula is C35H70O3. The smallest absolute Gasteiger partial charge is 0.133 e. The summed E-state index contributed by atoms with van der Waals surface area (Å²) in [5.41, 5.74) is 0. The molecule has 3 nitrogen and oxygen atoms in total. The van der Waals surface area contributed by atoms with Crippen molar-refractivity contribution in [3.05, 3.63) is 0 Å². The van der Waals surface area contributed by atoms with Crippen LogP contribution in [0.3, 0.4) is 0 Å². The highest BCUT2D eigenvalue weighted by molar-refractivity contribution is 5.78. The molecule has 1 aliphatic rings. The summed E-state index contributed by atoms with van der Waals surface area (Å²) in [4.78, 5) is 33.0. The van der Waals surface area contributed by atoms with Gasteiger partial charge in [-0.05, 0) is 70.6 Å². The van der Waals surface area contributed by atoms with Gasteiger partial charge in [-0.3, -0.25) is 9.59 Å². The molecule has 1 fully saturated rings. The van der Waals surface area contributed by atoms with E-state index in [-0.39, 0.29) is 5.92 Å². The van der Waals surface area contributed by atoms with Gasteiger partial charge in [0, 0.05) is 18.3 Å². The van der Waals surface area contributed by atoms with Gasteiger partial charge in [0.15, 0.2) is 0 Å². The number of carbonyl (C=O) groups excluding carboxylic acids is 3. The predicted molar refractivity (Wildman–Crippen MR) is 169 cm³/mol. The van der Waals surface area contributed by atoms with Gasteiger partial charge in [-0.25, -0.2) is 0 Å². The van der Waals surface area contributed by atoms with Gasteiger partial charge in [-0.2, -0.15) is 0 Å². The topological polar surface area (TPSA) is 51.2 Å². The molecule has 0 spiro atoms. The van der Waals surface area contributed by atoms with E-state index in [9.17, 15) is 14.4 Å². The third-order valence-corrected chi connectivity index (χ3v) is 8.17. The quantitative estimate of drug-likeness (QED) is 0.184. The first kappa shape index (κ1) is 41.5. The van der Waals surface area contributed by atoms with Crippen LogP contribution in [-0.4, -0.2) is 17.3 Å². The maximum Gasteiger partial charge on any atom is 0.133 e. The highest BCUT2D eigenvalue weighted by Gasteiger charge is 2.26. The van der Waals surface area contributed by atoms with E-state index in [1.807, 2.05) is 13.8 Å². The van der Waals surface area contributed by atoms with E-state index in [4.69, 9.17) is 0 Å². The first-order valence-corrected chi connectivity index (χ1v) is 16.6. The molecule has 1 rings (SSSR count). The first-order valence-electron chi connectivity index (χ1n) is 16.6. The number of ketones is 3. The van der Waals surface area contributed by atoms with Crippen molar-refractivity contribution in [3.63, 3.8) is 0 Å². The molecule has 0 aromatic carbocycles. The lowest BCUT2D eigenvalue weighted by molar-refractivity contribution is -0.123. The van der Waals surface area contributed by atoms with Crippen molar-refractivity contribution in [1.82, 2.24) is 0 Å². The third-order valence-electron chi connectivity index (χ3n) is 8.17. The molecule has 4 atom stereocenters. The van der Waals surface area contributed by atoms with Crippen molar-refractivity contribution in [2.24, 2.45) is 29.6 Å². The highest BCUT2D eigenvalue weighted by atomic mass is 16.1. The number of rotatable bonds is 16. The average molecular weight is 539 g/mol. The standard InChI is InChI=1S/C13H24O.C13H26O.C7H14O.C2H6/c1-3-4-10-13(11(2)14)12-8-6-5-7-9-12;1-6-8-10(3)13(7-2)9-11(4)12(5)14;1-3-4-5-6-7(2)8;1-2/h12-13H,3-10H2,1-2H3;10-11,13H,6-9H2,1-5H3;3-6H2,1-2H3;1-2H3/t;10?,11?,13-;;/m.0../s1. The summed E-state index contributed by atoms with van der Waals surface area (Å²) in [6.45, 7) is 22.3. The summed E-state index contributed by atoms with van der Waals surface area (Å²) < 4.78 is 0. The van der Waals surface area contributed by atoms with E-state index >= 15 is 0 Å². The summed E-state index contributed by atoms with van der Waals surface area (Å²) in [6, 6.07) is 0. The Morgan fingerprint density at radius 2 is 1.26 bits per heavy atom. The van der Waals surface area contributed by atoms with Gasteiger partial charge in [0.1, 0.15) is 17.3 Å². The second-order valence-corrected chi connectivity index (χ2v) is 11.6. The number of hydrogen-bond acceptors (Lipinski definition) is 3. The van der Waals surface area contributed by atoms with E-state index < -0.39 is 0 Å². The maximum absolute atomic E-state index is 11.5. The van der Waals surface area contributed by atoms with Crippen LogP contribution in [0.1, 0.15) is 179 Å². The molecule has 0 aliphatic heterocycles. The zero-order chi connectivity index (χ0) is 29.9. The zero-order valence-corrected chi connectivity index (χ0v) is 27.9. The fraction of sp³-hybridized carbons (Fsp3) is 0.914. The molecule has 0 radical (unpaired) electrons. The summed E-state index contributed by atoms with van der Waals surface area (Å²) in [5, 5.41) is 0. The van der Waals surface area contributed by atoms with Crippen LogP contribution in [0.5, 0.6) is 0 Å². The second-order valence-electron chi connectivity index (χ2n) is 11.6. The number of Topliss-reactive ketones (excluding diaryl/α,β-unsaturated/α-hetero) is 3. The molecule has 0 aromatic rings. The van der Waals surface area contributed by atoms with Crippen molar-refractivity contribution in [3.8, 4) is 0 Å². The highest BCUT2D eigenvalue weighted by Crippen LogP contribution is 2.33. The van der Waals surface area contributed by atoms with Crippen molar-refractivity contribution < 1.29 is 14.4 Å². The minimum atomic E-state index is 0.249. The van der Waals surface area contributed by atoms with Crippen LogP contribution in [0.25, 0.3) is 0 Å². The molecule has 3 heteroatoms. The molecule has 0 aromatic heterocycles. The molecule has 1 saturated carbocycles. The first-order chi connectivity index (χ1) is 18.0. The Bertz CT molecular complexity index is 547. The lowest BCUT2D eigenvalue weighted by Gasteiger charge is -2.28. The number of unbranched alkanes of at least 4 members (excludes halogenated alkanes) is 3. The van der Waals surface area contributed by atoms with Gasteiger partial charge in [-0.1, -0.05) is 120 Å². The van der Waals surface area contributed by atoms with Gasteiger partial charge in [0.25, 0.3) is 0 Å². The van der Waals surface area contributed by atoms with Gasteiger partial charge in [-0.15, -0.1) is 0 Å². The van der Waals surface area contributed by atoms with E-state index in [1.165, 1.54) is 77.0 Å². The van der Waals surface area contributed by atoms with Crippen LogP contribution in [-0.2, 0) is 14.4 Å². The lowest BCUT2D eigenvalue weighted by Crippen LogP contribution is -2.24. The maximum atomic E-state index is 11.5. The SMILES string of the molecule is CC.CCCC(C)[C@@H](CC)CC(C)C(C)=O.CCCCC(C(C)=O)C1CCCCC1.CCCCCC(C)=O. The van der Waals surface area contributed by atoms with Crippen molar-refractivity contribution >= 4 is 17.3 Å². The van der Waals surface area contributed by atoms with Crippen LogP contribution in [0.4, 0.5) is 0 Å². The number of hydrogen-bond donors (Lipinski definition) is 0. The van der Waals surface area contributed by atoms with Crippen LogP contribution in [0.2, 0.25) is 0 Å². The minimum absolute atomic E-state index is 0.249. The van der Waals surface area contributed by atoms with Gasteiger partial charge in [0.05, 0.1) is 0 Å². The minimum Gasteiger partial charge on any atom is -0.300 e. The molecule has 3 unspecified atom stereocenters. The molecule has 1 aliphatic carbocycles. The Balaban J connectivity index is -0.000000485. The molecule has 0 saturated heterocycles. The normalized spacial score (nSPS) is 16.2. The van der Waals surface area contributed by atoms with Gasteiger partial charge in [0.2, 0.25) is 0 Å². The zero-order valence-electron chi connectivity index (χ0n) is 27.9. The molecule has 0 N–H and O–H groups in total. The monoisotopic (exact) mass is 539 g/mol. The summed E-state index contributed by atoms with van der Waals surface area (Å²) >= 11 is 0. The van der Waals surface area contributed by atoms with Crippen molar-refractivity contribution in [2.45, 2.75) is 179 Å². The van der Waals surface area contributed by atoms with Crippen LogP contribution < -0.4 is 0 Å². The Hall–Kier alpha value is -0.990. The van der Waals surface area contributed by atoms with Crippen molar-refractivity contribution in [2.75, 3.05) is 0 Å². The third kappa shape index (κ3) is 24.1. The Morgan fingerprint density at radius 1 is 0.711 bits per heavy atom. The van der Waals surface area contributed by atoms with E-state index in [0.717, 1.165) is 37.5 Å².